The Hall–Kier alpha value is -1.50. The highest BCUT2D eigenvalue weighted by molar-refractivity contribution is 5.63. The summed E-state index contributed by atoms with van der Waals surface area (Å²) in [5.74, 6) is 0.842. The molecule has 0 atom stereocenters. The van der Waals surface area contributed by atoms with Gasteiger partial charge in [0, 0.05) is 6.42 Å². The normalized spacial score (nSPS) is 9.67. The van der Waals surface area contributed by atoms with E-state index in [1.54, 1.807) is 0 Å². The van der Waals surface area contributed by atoms with E-state index in [2.05, 4.69) is 25.3 Å². The van der Waals surface area contributed by atoms with E-state index < -0.39 is 0 Å². The van der Waals surface area contributed by atoms with Crippen LogP contribution in [0.25, 0.3) is 5.57 Å². The molecule has 80 valence electrons. The average molecular weight is 202 g/mol. The van der Waals surface area contributed by atoms with Crippen molar-refractivity contribution in [3.63, 3.8) is 0 Å². The van der Waals surface area contributed by atoms with Gasteiger partial charge in [0.1, 0.15) is 0 Å². The number of hydrogen-bond donors (Lipinski definition) is 0. The van der Waals surface area contributed by atoms with Crippen molar-refractivity contribution in [2.75, 3.05) is 6.61 Å². The SMILES string of the molecule is C=C(CCC(=C)c1ccccc1)OCC. The zero-order valence-electron chi connectivity index (χ0n) is 9.33. The highest BCUT2D eigenvalue weighted by atomic mass is 16.5. The molecule has 0 fully saturated rings. The van der Waals surface area contributed by atoms with Crippen LogP contribution < -0.4 is 0 Å². The van der Waals surface area contributed by atoms with E-state index in [0.29, 0.717) is 6.61 Å². The predicted octanol–water partition coefficient (Wildman–Crippen LogP) is 4.03. The summed E-state index contributed by atoms with van der Waals surface area (Å²) in [7, 11) is 0. The molecule has 1 aromatic carbocycles. The van der Waals surface area contributed by atoms with Gasteiger partial charge in [0.15, 0.2) is 0 Å². The van der Waals surface area contributed by atoms with Crippen LogP contribution in [0.15, 0.2) is 49.2 Å². The van der Waals surface area contributed by atoms with E-state index in [1.165, 1.54) is 5.56 Å². The number of ether oxygens (including phenoxy) is 1. The first-order valence-corrected chi connectivity index (χ1v) is 5.27. The smallest absolute Gasteiger partial charge is 0.0891 e. The van der Waals surface area contributed by atoms with Crippen molar-refractivity contribution >= 4 is 5.57 Å². The van der Waals surface area contributed by atoms with Crippen molar-refractivity contribution in [1.29, 1.82) is 0 Å². The molecule has 0 aliphatic carbocycles. The van der Waals surface area contributed by atoms with Crippen molar-refractivity contribution in [1.82, 2.24) is 0 Å². The first-order chi connectivity index (χ1) is 7.24. The molecule has 0 spiro atoms. The quantitative estimate of drug-likeness (QED) is 0.633. The Balaban J connectivity index is 2.40. The molecule has 0 saturated carbocycles. The molecule has 1 heteroatoms. The summed E-state index contributed by atoms with van der Waals surface area (Å²) in [5.41, 5.74) is 2.33. The molecule has 0 unspecified atom stereocenters. The number of hydrogen-bond acceptors (Lipinski definition) is 1. The van der Waals surface area contributed by atoms with Crippen molar-refractivity contribution in [3.05, 3.63) is 54.8 Å². The summed E-state index contributed by atoms with van der Waals surface area (Å²) in [6, 6.07) is 10.2. The Morgan fingerprint density at radius 1 is 1.13 bits per heavy atom. The molecule has 0 amide bonds. The third-order valence-electron chi connectivity index (χ3n) is 2.24. The first-order valence-electron chi connectivity index (χ1n) is 5.27. The van der Waals surface area contributed by atoms with Crippen LogP contribution in [0.2, 0.25) is 0 Å². The van der Waals surface area contributed by atoms with Gasteiger partial charge in [-0.15, -0.1) is 0 Å². The third-order valence-corrected chi connectivity index (χ3v) is 2.24. The minimum absolute atomic E-state index is 0.691. The standard InChI is InChI=1S/C14H18O/c1-4-15-13(3)11-10-12(2)14-8-6-5-7-9-14/h5-9H,2-4,10-11H2,1H3. The Bertz CT molecular complexity index is 324. The molecule has 0 radical (unpaired) electrons. The lowest BCUT2D eigenvalue weighted by molar-refractivity contribution is 0.221. The Kier molecular flexibility index (Phi) is 4.69. The van der Waals surface area contributed by atoms with Gasteiger partial charge in [-0.3, -0.25) is 0 Å². The summed E-state index contributed by atoms with van der Waals surface area (Å²) >= 11 is 0. The van der Waals surface area contributed by atoms with Gasteiger partial charge < -0.3 is 4.74 Å². The summed E-state index contributed by atoms with van der Waals surface area (Å²) in [5, 5.41) is 0. The van der Waals surface area contributed by atoms with Crippen molar-refractivity contribution in [2.45, 2.75) is 19.8 Å². The van der Waals surface area contributed by atoms with E-state index >= 15 is 0 Å². The number of rotatable bonds is 6. The summed E-state index contributed by atoms with van der Waals surface area (Å²) in [6.07, 6.45) is 1.75. The van der Waals surface area contributed by atoms with Crippen LogP contribution in [0.1, 0.15) is 25.3 Å². The molecule has 15 heavy (non-hydrogen) atoms. The maximum Gasteiger partial charge on any atom is 0.0891 e. The lowest BCUT2D eigenvalue weighted by Crippen LogP contribution is -1.91. The molecule has 0 aliphatic heterocycles. The minimum atomic E-state index is 0.691. The fourth-order valence-corrected chi connectivity index (χ4v) is 1.38. The van der Waals surface area contributed by atoms with Gasteiger partial charge in [-0.1, -0.05) is 43.5 Å². The van der Waals surface area contributed by atoms with Gasteiger partial charge in [-0.25, -0.2) is 0 Å². The Morgan fingerprint density at radius 3 is 2.40 bits per heavy atom. The largest absolute Gasteiger partial charge is 0.499 e. The number of allylic oxidation sites excluding steroid dienone is 2. The third kappa shape index (κ3) is 4.03. The van der Waals surface area contributed by atoms with E-state index in [4.69, 9.17) is 4.74 Å². The average Bonchev–Trinajstić information content (AvgIpc) is 2.27. The van der Waals surface area contributed by atoms with Crippen LogP contribution in [-0.2, 0) is 4.74 Å². The fourth-order valence-electron chi connectivity index (χ4n) is 1.38. The maximum atomic E-state index is 5.29. The van der Waals surface area contributed by atoms with Gasteiger partial charge in [-0.05, 0) is 24.5 Å². The van der Waals surface area contributed by atoms with Gasteiger partial charge in [0.05, 0.1) is 12.4 Å². The molecule has 0 heterocycles. The van der Waals surface area contributed by atoms with Crippen LogP contribution in [0.5, 0.6) is 0 Å². The van der Waals surface area contributed by atoms with Crippen molar-refractivity contribution in [2.24, 2.45) is 0 Å². The zero-order valence-corrected chi connectivity index (χ0v) is 9.33. The first kappa shape index (κ1) is 11.6. The van der Waals surface area contributed by atoms with Crippen LogP contribution >= 0.6 is 0 Å². The number of benzene rings is 1. The zero-order chi connectivity index (χ0) is 11.1. The van der Waals surface area contributed by atoms with Crippen LogP contribution in [-0.4, -0.2) is 6.61 Å². The maximum absolute atomic E-state index is 5.29. The van der Waals surface area contributed by atoms with Crippen molar-refractivity contribution < 1.29 is 4.74 Å². The van der Waals surface area contributed by atoms with Gasteiger partial charge in [0.25, 0.3) is 0 Å². The topological polar surface area (TPSA) is 9.23 Å². The molecular formula is C14H18O. The Morgan fingerprint density at radius 2 is 1.80 bits per heavy atom. The van der Waals surface area contributed by atoms with Gasteiger partial charge in [0.2, 0.25) is 0 Å². The molecule has 0 bridgehead atoms. The van der Waals surface area contributed by atoms with E-state index in [0.717, 1.165) is 24.2 Å². The Labute approximate surface area is 92.1 Å². The molecule has 0 saturated heterocycles. The predicted molar refractivity (Wildman–Crippen MR) is 65.5 cm³/mol. The minimum Gasteiger partial charge on any atom is -0.499 e. The van der Waals surface area contributed by atoms with Crippen LogP contribution in [0.3, 0.4) is 0 Å². The molecule has 0 N–H and O–H groups in total. The summed E-state index contributed by atoms with van der Waals surface area (Å²) in [4.78, 5) is 0. The second-order valence-electron chi connectivity index (χ2n) is 3.44. The molecular weight excluding hydrogens is 184 g/mol. The monoisotopic (exact) mass is 202 g/mol. The summed E-state index contributed by atoms with van der Waals surface area (Å²) in [6.45, 7) is 10.6. The van der Waals surface area contributed by atoms with E-state index in [-0.39, 0.29) is 0 Å². The highest BCUT2D eigenvalue weighted by Gasteiger charge is 2.00. The van der Waals surface area contributed by atoms with Gasteiger partial charge in [-0.2, -0.15) is 0 Å². The molecule has 1 rings (SSSR count). The van der Waals surface area contributed by atoms with E-state index in [1.807, 2.05) is 25.1 Å². The lowest BCUT2D eigenvalue weighted by atomic mass is 10.0. The van der Waals surface area contributed by atoms with E-state index in [9.17, 15) is 0 Å². The molecule has 0 aliphatic rings. The lowest BCUT2D eigenvalue weighted by Gasteiger charge is -2.08. The molecule has 1 nitrogen and oxygen atoms in total. The fraction of sp³-hybridized carbons (Fsp3) is 0.286. The van der Waals surface area contributed by atoms with Crippen molar-refractivity contribution in [3.8, 4) is 0 Å². The summed E-state index contributed by atoms with van der Waals surface area (Å²) < 4.78 is 5.29. The highest BCUT2D eigenvalue weighted by Crippen LogP contribution is 2.19. The van der Waals surface area contributed by atoms with Crippen LogP contribution in [0, 0.1) is 0 Å². The van der Waals surface area contributed by atoms with Crippen LogP contribution in [0.4, 0.5) is 0 Å². The second kappa shape index (κ2) is 6.07. The molecule has 1 aromatic rings. The second-order valence-corrected chi connectivity index (χ2v) is 3.44. The molecule has 0 aromatic heterocycles. The van der Waals surface area contributed by atoms with Gasteiger partial charge >= 0.3 is 0 Å².